The number of nitrogens with zero attached hydrogens (tertiary/aromatic N) is 2. The molecule has 2 aromatic carbocycles. The normalized spacial score (nSPS) is 14.6. The zero-order valence-electron chi connectivity index (χ0n) is 19.2. The first-order chi connectivity index (χ1) is 18.4. The van der Waals surface area contributed by atoms with Crippen molar-refractivity contribution in [1.82, 2.24) is 15.3 Å². The predicted molar refractivity (Wildman–Crippen MR) is 128 cm³/mol. The molecule has 198 valence electrons. The molecule has 0 fully saturated rings. The van der Waals surface area contributed by atoms with E-state index < -0.39 is 52.6 Å². The molecule has 1 atom stereocenters. The molecule has 2 aromatic heterocycles. The maximum Gasteiger partial charge on any atom is 0.416 e. The van der Waals surface area contributed by atoms with E-state index in [4.69, 9.17) is 11.6 Å². The van der Waals surface area contributed by atoms with Crippen molar-refractivity contribution < 1.29 is 35.9 Å². The number of amides is 2. The van der Waals surface area contributed by atoms with E-state index in [2.05, 4.69) is 20.6 Å². The fourth-order valence-corrected chi connectivity index (χ4v) is 4.37. The number of hydrogen-bond donors (Lipinski definition) is 2. The zero-order chi connectivity index (χ0) is 28.1. The van der Waals surface area contributed by atoms with Gasteiger partial charge in [0.1, 0.15) is 23.1 Å². The van der Waals surface area contributed by atoms with Gasteiger partial charge in [0, 0.05) is 33.5 Å². The third kappa shape index (κ3) is 5.15. The Labute approximate surface area is 220 Å². The Kier molecular flexibility index (Phi) is 6.51. The topological polar surface area (TPSA) is 84.0 Å². The first-order valence-electron chi connectivity index (χ1n) is 11.0. The molecule has 6 nitrogen and oxygen atoms in total. The molecule has 2 amide bonds. The van der Waals surface area contributed by atoms with Crippen LogP contribution in [0.1, 0.15) is 43.6 Å². The Morgan fingerprint density at radius 1 is 0.949 bits per heavy atom. The minimum absolute atomic E-state index is 0.0152. The number of pyridine rings is 2. The van der Waals surface area contributed by atoms with Crippen LogP contribution in [0.4, 0.5) is 32.0 Å². The number of carbonyl (C=O) groups is 2. The number of benzene rings is 2. The summed E-state index contributed by atoms with van der Waals surface area (Å²) < 4.78 is 81.5. The summed E-state index contributed by atoms with van der Waals surface area (Å²) in [7, 11) is 0. The molecule has 0 saturated heterocycles. The predicted octanol–water partition coefficient (Wildman–Crippen LogP) is 6.32. The Balaban J connectivity index is 1.67. The van der Waals surface area contributed by atoms with E-state index in [1.165, 1.54) is 18.3 Å². The smallest absolute Gasteiger partial charge is 0.340 e. The van der Waals surface area contributed by atoms with Crippen LogP contribution in [0.3, 0.4) is 0 Å². The summed E-state index contributed by atoms with van der Waals surface area (Å²) in [4.78, 5) is 34.0. The van der Waals surface area contributed by atoms with Crippen LogP contribution < -0.4 is 10.6 Å². The fraction of sp³-hybridized carbons (Fsp3) is 0.0769. The van der Waals surface area contributed by atoms with E-state index in [1.807, 2.05) is 0 Å². The average molecular weight is 563 g/mol. The van der Waals surface area contributed by atoms with Crippen molar-refractivity contribution in [3.05, 3.63) is 111 Å². The SMILES string of the molecule is O=C(Nc1cc(-c2cncc(F)c2)nc2c1C(c1cc(F)ccc1Cl)NC2=O)c1cc(F)cc(C(F)(F)F)c1. The molecule has 1 unspecified atom stereocenters. The maximum absolute atomic E-state index is 14.1. The van der Waals surface area contributed by atoms with Crippen molar-refractivity contribution >= 4 is 29.1 Å². The highest BCUT2D eigenvalue weighted by molar-refractivity contribution is 6.31. The van der Waals surface area contributed by atoms with Gasteiger partial charge >= 0.3 is 6.18 Å². The Morgan fingerprint density at radius 3 is 2.44 bits per heavy atom. The molecule has 5 rings (SSSR count). The number of nitrogens with one attached hydrogen (secondary N) is 2. The fourth-order valence-electron chi connectivity index (χ4n) is 4.14. The van der Waals surface area contributed by atoms with Gasteiger partial charge in [-0.25, -0.2) is 18.2 Å². The molecule has 3 heterocycles. The van der Waals surface area contributed by atoms with E-state index in [0.29, 0.717) is 12.1 Å². The van der Waals surface area contributed by atoms with Crippen molar-refractivity contribution in [2.45, 2.75) is 12.2 Å². The molecule has 0 aliphatic carbocycles. The molecule has 4 aromatic rings. The van der Waals surface area contributed by atoms with Gasteiger partial charge in [-0.3, -0.25) is 14.6 Å². The molecule has 1 aliphatic heterocycles. The van der Waals surface area contributed by atoms with E-state index in [1.54, 1.807) is 0 Å². The minimum atomic E-state index is -4.93. The lowest BCUT2D eigenvalue weighted by atomic mass is 9.97. The largest absolute Gasteiger partial charge is 0.416 e. The zero-order valence-corrected chi connectivity index (χ0v) is 20.0. The number of alkyl halides is 3. The lowest BCUT2D eigenvalue weighted by Gasteiger charge is -2.18. The van der Waals surface area contributed by atoms with E-state index in [0.717, 1.165) is 24.4 Å². The summed E-state index contributed by atoms with van der Waals surface area (Å²) in [5, 5.41) is 5.03. The molecule has 1 aliphatic rings. The average Bonchev–Trinajstić information content (AvgIpc) is 3.21. The molecular formula is C26H13ClF6N4O2. The van der Waals surface area contributed by atoms with E-state index in [-0.39, 0.29) is 44.9 Å². The van der Waals surface area contributed by atoms with Gasteiger partial charge in [0.05, 0.1) is 29.2 Å². The monoisotopic (exact) mass is 562 g/mol. The number of fused-ring (bicyclic) bond motifs is 1. The number of anilines is 1. The molecular weight excluding hydrogens is 550 g/mol. The highest BCUT2D eigenvalue weighted by atomic mass is 35.5. The highest BCUT2D eigenvalue weighted by Crippen LogP contribution is 2.40. The molecule has 39 heavy (non-hydrogen) atoms. The van der Waals surface area contributed by atoms with Gasteiger partial charge in [0.2, 0.25) is 0 Å². The van der Waals surface area contributed by atoms with Gasteiger partial charge in [-0.1, -0.05) is 11.6 Å². The van der Waals surface area contributed by atoms with Crippen LogP contribution in [0.25, 0.3) is 11.3 Å². The van der Waals surface area contributed by atoms with Gasteiger partial charge in [0.25, 0.3) is 11.8 Å². The summed E-state index contributed by atoms with van der Waals surface area (Å²) >= 11 is 6.24. The van der Waals surface area contributed by atoms with Crippen LogP contribution in [0.15, 0.2) is 60.9 Å². The van der Waals surface area contributed by atoms with Crippen molar-refractivity contribution in [1.29, 1.82) is 0 Å². The summed E-state index contributed by atoms with van der Waals surface area (Å²) in [5.41, 5.74) is -2.24. The molecule has 0 saturated carbocycles. The van der Waals surface area contributed by atoms with Crippen LogP contribution >= 0.6 is 11.6 Å². The highest BCUT2D eigenvalue weighted by Gasteiger charge is 2.37. The second-order valence-corrected chi connectivity index (χ2v) is 8.87. The van der Waals surface area contributed by atoms with E-state index >= 15 is 0 Å². The van der Waals surface area contributed by atoms with Crippen LogP contribution in [0.2, 0.25) is 5.02 Å². The number of aromatic nitrogens is 2. The van der Waals surface area contributed by atoms with Crippen molar-refractivity contribution in [3.8, 4) is 11.3 Å². The standard InChI is InChI=1S/C26H13ClF6N4O2/c27-18-2-1-14(28)7-17(18)22-21-20(36-24(38)11-3-13(26(31,32)33)6-15(29)4-11)8-19(35-23(21)25(39)37-22)12-5-16(30)10-34-9-12/h1-10,22H,(H,37,39)(H,35,36,38). The Hall–Kier alpha value is -4.45. The summed E-state index contributed by atoms with van der Waals surface area (Å²) in [6.45, 7) is 0. The lowest BCUT2D eigenvalue weighted by molar-refractivity contribution is -0.137. The van der Waals surface area contributed by atoms with Crippen molar-refractivity contribution in [3.63, 3.8) is 0 Å². The molecule has 2 N–H and O–H groups in total. The maximum atomic E-state index is 14.1. The summed E-state index contributed by atoms with van der Waals surface area (Å²) in [5.74, 6) is -4.61. The first-order valence-corrected chi connectivity index (χ1v) is 11.4. The number of carbonyl (C=O) groups excluding carboxylic acids is 2. The quantitative estimate of drug-likeness (QED) is 0.285. The number of rotatable bonds is 4. The second-order valence-electron chi connectivity index (χ2n) is 8.46. The molecule has 0 bridgehead atoms. The van der Waals surface area contributed by atoms with Crippen LogP contribution in [-0.2, 0) is 6.18 Å². The van der Waals surface area contributed by atoms with Gasteiger partial charge in [-0.2, -0.15) is 13.2 Å². The third-order valence-electron chi connectivity index (χ3n) is 5.84. The lowest BCUT2D eigenvalue weighted by Crippen LogP contribution is -2.21. The van der Waals surface area contributed by atoms with Crippen molar-refractivity contribution in [2.75, 3.05) is 5.32 Å². The molecule has 0 spiro atoms. The van der Waals surface area contributed by atoms with Crippen LogP contribution in [-0.4, -0.2) is 21.8 Å². The van der Waals surface area contributed by atoms with Gasteiger partial charge < -0.3 is 10.6 Å². The summed E-state index contributed by atoms with van der Waals surface area (Å²) in [6.07, 6.45) is -2.77. The Bertz CT molecular complexity index is 1660. The number of hydrogen-bond acceptors (Lipinski definition) is 4. The number of halogens is 7. The second kappa shape index (κ2) is 9.70. The Morgan fingerprint density at radius 2 is 1.72 bits per heavy atom. The van der Waals surface area contributed by atoms with Gasteiger partial charge in [-0.05, 0) is 48.5 Å². The molecule has 13 heteroatoms. The van der Waals surface area contributed by atoms with Crippen molar-refractivity contribution in [2.24, 2.45) is 0 Å². The van der Waals surface area contributed by atoms with Crippen LogP contribution in [0.5, 0.6) is 0 Å². The van der Waals surface area contributed by atoms with Gasteiger partial charge in [-0.15, -0.1) is 0 Å². The minimum Gasteiger partial charge on any atom is -0.340 e. The first kappa shape index (κ1) is 26.2. The summed E-state index contributed by atoms with van der Waals surface area (Å²) in [6, 6.07) is 5.86. The molecule has 0 radical (unpaired) electrons. The van der Waals surface area contributed by atoms with Crippen LogP contribution in [0, 0.1) is 17.5 Å². The van der Waals surface area contributed by atoms with E-state index in [9.17, 15) is 35.9 Å². The van der Waals surface area contributed by atoms with Gasteiger partial charge in [0.15, 0.2) is 0 Å². The third-order valence-corrected chi connectivity index (χ3v) is 6.19.